The summed E-state index contributed by atoms with van der Waals surface area (Å²) < 4.78 is 43.4. The second-order valence-corrected chi connectivity index (χ2v) is 9.55. The van der Waals surface area contributed by atoms with Crippen molar-refractivity contribution < 1.29 is 32.0 Å². The Hall–Kier alpha value is -3.86. The lowest BCUT2D eigenvalue weighted by molar-refractivity contribution is -0.123. The average Bonchev–Trinajstić information content (AvgIpc) is 3.44. The molecule has 2 heterocycles. The number of carbonyl (C=O) groups is 2. The van der Waals surface area contributed by atoms with Gasteiger partial charge in [-0.15, -0.1) is 0 Å². The molecule has 0 spiro atoms. The number of hydrogen-bond acceptors (Lipinski definition) is 8. The van der Waals surface area contributed by atoms with Crippen LogP contribution in [-0.4, -0.2) is 45.2 Å². The van der Waals surface area contributed by atoms with Gasteiger partial charge in [0, 0.05) is 12.6 Å². The van der Waals surface area contributed by atoms with Gasteiger partial charge in [0.15, 0.2) is 6.10 Å². The first-order chi connectivity index (χ1) is 16.2. The van der Waals surface area contributed by atoms with E-state index in [0.29, 0.717) is 24.3 Å². The average molecular weight is 486 g/mol. The Morgan fingerprint density at radius 3 is 2.65 bits per heavy atom. The van der Waals surface area contributed by atoms with Crippen LogP contribution in [0.1, 0.15) is 28.5 Å². The van der Waals surface area contributed by atoms with E-state index in [1.807, 2.05) is 12.1 Å². The van der Waals surface area contributed by atoms with Crippen LogP contribution in [0.4, 0.5) is 11.6 Å². The van der Waals surface area contributed by atoms with Gasteiger partial charge in [-0.25, -0.2) is 13.2 Å². The van der Waals surface area contributed by atoms with Crippen molar-refractivity contribution in [1.29, 1.82) is 0 Å². The number of aromatic nitrogens is 1. The van der Waals surface area contributed by atoms with Crippen LogP contribution in [0.15, 0.2) is 57.9 Å². The zero-order valence-corrected chi connectivity index (χ0v) is 19.6. The molecule has 0 aliphatic carbocycles. The van der Waals surface area contributed by atoms with Gasteiger partial charge >= 0.3 is 5.97 Å². The number of nitrogens with zero attached hydrogens (tertiary/aromatic N) is 2. The summed E-state index contributed by atoms with van der Waals surface area (Å²) in [4.78, 5) is 25.1. The fraction of sp³-hybridized carbons (Fsp3) is 0.261. The maximum absolute atomic E-state index is 13.4. The number of ether oxygens (including phenoxy) is 2. The molecule has 1 amide bonds. The van der Waals surface area contributed by atoms with Crippen molar-refractivity contribution in [2.75, 3.05) is 23.3 Å². The molecule has 0 unspecified atom stereocenters. The molecule has 4 rings (SSSR count). The maximum atomic E-state index is 13.4. The smallest absolute Gasteiger partial charge is 0.342 e. The molecule has 1 atom stereocenters. The van der Waals surface area contributed by atoms with E-state index in [-0.39, 0.29) is 22.1 Å². The van der Waals surface area contributed by atoms with Gasteiger partial charge in [-0.1, -0.05) is 23.4 Å². The second kappa shape index (κ2) is 9.18. The van der Waals surface area contributed by atoms with Crippen molar-refractivity contribution in [3.63, 3.8) is 0 Å². The number of rotatable bonds is 7. The minimum atomic E-state index is -3.94. The van der Waals surface area contributed by atoms with E-state index >= 15 is 0 Å². The van der Waals surface area contributed by atoms with Gasteiger partial charge in [-0.2, -0.15) is 0 Å². The highest BCUT2D eigenvalue weighted by molar-refractivity contribution is 7.92. The van der Waals surface area contributed by atoms with Crippen molar-refractivity contribution in [2.45, 2.75) is 31.3 Å². The number of nitrogens with one attached hydrogen (secondary N) is 1. The predicted molar refractivity (Wildman–Crippen MR) is 122 cm³/mol. The first-order valence-electron chi connectivity index (χ1n) is 10.4. The van der Waals surface area contributed by atoms with Crippen LogP contribution in [0.2, 0.25) is 0 Å². The van der Waals surface area contributed by atoms with Crippen LogP contribution < -0.4 is 14.4 Å². The fourth-order valence-electron chi connectivity index (χ4n) is 3.62. The summed E-state index contributed by atoms with van der Waals surface area (Å²) in [6.07, 6.45) is -0.606. The Labute approximate surface area is 196 Å². The van der Waals surface area contributed by atoms with E-state index in [9.17, 15) is 18.0 Å². The number of para-hydroxylation sites is 1. The summed E-state index contributed by atoms with van der Waals surface area (Å²) in [5.74, 6) is -1.32. The number of amides is 1. The van der Waals surface area contributed by atoms with Gasteiger partial charge in [0.25, 0.3) is 15.9 Å². The van der Waals surface area contributed by atoms with E-state index < -0.39 is 28.0 Å². The van der Waals surface area contributed by atoms with Crippen LogP contribution in [0.5, 0.6) is 5.75 Å². The van der Waals surface area contributed by atoms with E-state index in [2.05, 4.69) is 10.5 Å². The molecule has 0 bridgehead atoms. The van der Waals surface area contributed by atoms with Gasteiger partial charge in [-0.3, -0.25) is 14.4 Å². The van der Waals surface area contributed by atoms with Crippen LogP contribution in [0.3, 0.4) is 0 Å². The molecule has 1 aliphatic rings. The lowest BCUT2D eigenvalue weighted by Crippen LogP contribution is -2.31. The monoisotopic (exact) mass is 485 g/mol. The Morgan fingerprint density at radius 1 is 1.18 bits per heavy atom. The van der Waals surface area contributed by atoms with Gasteiger partial charge in [0.2, 0.25) is 5.88 Å². The minimum Gasteiger partial charge on any atom is -0.496 e. The molecule has 3 aromatic rings. The zero-order chi connectivity index (χ0) is 24.5. The Bertz CT molecular complexity index is 1350. The van der Waals surface area contributed by atoms with Crippen molar-refractivity contribution in [2.24, 2.45) is 0 Å². The molecular weight excluding hydrogens is 462 g/mol. The molecule has 1 N–H and O–H groups in total. The molecule has 0 radical (unpaired) electrons. The molecule has 0 saturated heterocycles. The highest BCUT2D eigenvalue weighted by Crippen LogP contribution is 2.34. The highest BCUT2D eigenvalue weighted by Gasteiger charge is 2.32. The summed E-state index contributed by atoms with van der Waals surface area (Å²) in [5, 5.41) is 6.12. The largest absolute Gasteiger partial charge is 0.496 e. The van der Waals surface area contributed by atoms with Crippen molar-refractivity contribution >= 4 is 33.5 Å². The number of carbonyl (C=O) groups excluding carboxylic acids is 2. The summed E-state index contributed by atoms with van der Waals surface area (Å²) in [6.45, 7) is 3.37. The summed E-state index contributed by atoms with van der Waals surface area (Å²) >= 11 is 0. The molecular formula is C23H23N3O7S. The summed E-state index contributed by atoms with van der Waals surface area (Å²) in [6, 6.07) is 12.7. The van der Waals surface area contributed by atoms with Crippen molar-refractivity contribution in [3.05, 3.63) is 65.4 Å². The standard InChI is InChI=1S/C23H23N3O7S/c1-14-12-21(33-25-14)24-22(27)15(2)32-23(28)18-13-17(8-9-20(18)31-3)34(29,30)26-11-10-16-6-4-5-7-19(16)26/h4-9,12-13,15H,10-11H2,1-3H3,(H,24,27)/t15-/m1/s1. The predicted octanol–water partition coefficient (Wildman–Crippen LogP) is 2.93. The normalized spacial score (nSPS) is 13.8. The number of fused-ring (bicyclic) bond motifs is 1. The quantitative estimate of drug-likeness (QED) is 0.506. The van der Waals surface area contributed by atoms with Crippen molar-refractivity contribution in [1.82, 2.24) is 5.16 Å². The lowest BCUT2D eigenvalue weighted by Gasteiger charge is -2.20. The maximum Gasteiger partial charge on any atom is 0.342 e. The first kappa shape index (κ1) is 23.3. The van der Waals surface area contributed by atoms with Gasteiger partial charge in [0.1, 0.15) is 11.3 Å². The van der Waals surface area contributed by atoms with Crippen LogP contribution in [0.25, 0.3) is 0 Å². The number of aryl methyl sites for hydroxylation is 1. The Kier molecular flexibility index (Phi) is 6.29. The third-order valence-corrected chi connectivity index (χ3v) is 7.16. The van der Waals surface area contributed by atoms with E-state index in [1.54, 1.807) is 19.1 Å². The lowest BCUT2D eigenvalue weighted by atomic mass is 10.2. The molecule has 1 aliphatic heterocycles. The molecule has 1 aromatic heterocycles. The molecule has 2 aromatic carbocycles. The third kappa shape index (κ3) is 4.46. The molecule has 34 heavy (non-hydrogen) atoms. The molecule has 178 valence electrons. The van der Waals surface area contributed by atoms with Gasteiger partial charge in [0.05, 0.1) is 23.4 Å². The third-order valence-electron chi connectivity index (χ3n) is 5.35. The molecule has 11 heteroatoms. The first-order valence-corrected chi connectivity index (χ1v) is 11.9. The number of anilines is 2. The minimum absolute atomic E-state index is 0.0915. The number of sulfonamides is 1. The molecule has 10 nitrogen and oxygen atoms in total. The molecule has 0 saturated carbocycles. The fourth-order valence-corrected chi connectivity index (χ4v) is 5.15. The van der Waals surface area contributed by atoms with Crippen molar-refractivity contribution in [3.8, 4) is 5.75 Å². The van der Waals surface area contributed by atoms with E-state index in [1.165, 1.54) is 42.6 Å². The van der Waals surface area contributed by atoms with Crippen LogP contribution >= 0.6 is 0 Å². The van der Waals surface area contributed by atoms with Gasteiger partial charge in [-0.05, 0) is 50.1 Å². The van der Waals surface area contributed by atoms with E-state index in [0.717, 1.165) is 5.56 Å². The second-order valence-electron chi connectivity index (χ2n) is 7.69. The Morgan fingerprint density at radius 2 is 1.94 bits per heavy atom. The van der Waals surface area contributed by atoms with Crippen LogP contribution in [-0.2, 0) is 26.0 Å². The van der Waals surface area contributed by atoms with Gasteiger partial charge < -0.3 is 14.0 Å². The summed E-state index contributed by atoms with van der Waals surface area (Å²) in [5.41, 5.74) is 1.99. The number of benzene rings is 2. The highest BCUT2D eigenvalue weighted by atomic mass is 32.2. The van der Waals surface area contributed by atoms with Crippen LogP contribution in [0, 0.1) is 6.92 Å². The number of hydrogen-bond donors (Lipinski definition) is 1. The topological polar surface area (TPSA) is 128 Å². The molecule has 0 fully saturated rings. The number of esters is 1. The zero-order valence-electron chi connectivity index (χ0n) is 18.8. The van der Waals surface area contributed by atoms with E-state index in [4.69, 9.17) is 14.0 Å². The summed E-state index contributed by atoms with van der Waals surface area (Å²) in [7, 11) is -2.60. The Balaban J connectivity index is 1.56. The SMILES string of the molecule is COc1ccc(S(=O)(=O)N2CCc3ccccc32)cc1C(=O)O[C@H](C)C(=O)Nc1cc(C)no1. The number of methoxy groups -OCH3 is 1.